The van der Waals surface area contributed by atoms with Crippen molar-refractivity contribution in [2.75, 3.05) is 30.6 Å². The summed E-state index contributed by atoms with van der Waals surface area (Å²) in [6, 6.07) is 10.4. The van der Waals surface area contributed by atoms with Crippen molar-refractivity contribution in [3.8, 4) is 5.69 Å². The van der Waals surface area contributed by atoms with E-state index in [0.29, 0.717) is 23.5 Å². The van der Waals surface area contributed by atoms with Crippen LogP contribution in [0, 0.1) is 0 Å². The van der Waals surface area contributed by atoms with Crippen LogP contribution in [0.3, 0.4) is 0 Å². The number of rotatable bonds is 6. The minimum atomic E-state index is -0.734. The number of hydrogen-bond acceptors (Lipinski definition) is 6. The summed E-state index contributed by atoms with van der Waals surface area (Å²) in [5.74, 6) is 0.448. The Morgan fingerprint density at radius 3 is 2.61 bits per heavy atom. The van der Waals surface area contributed by atoms with Crippen LogP contribution in [0.4, 0.5) is 11.6 Å². The van der Waals surface area contributed by atoms with Gasteiger partial charge in [-0.2, -0.15) is 15.2 Å². The van der Waals surface area contributed by atoms with E-state index >= 15 is 0 Å². The molecule has 4 heterocycles. The number of aromatic nitrogens is 5. The van der Waals surface area contributed by atoms with E-state index in [-0.39, 0.29) is 11.0 Å². The van der Waals surface area contributed by atoms with Gasteiger partial charge < -0.3 is 5.32 Å². The average Bonchev–Trinajstić information content (AvgIpc) is 3.13. The summed E-state index contributed by atoms with van der Waals surface area (Å²) >= 11 is 0. The van der Waals surface area contributed by atoms with Crippen molar-refractivity contribution in [2.24, 2.45) is 0 Å². The molecule has 1 N–H and O–H groups in total. The van der Waals surface area contributed by atoms with Crippen molar-refractivity contribution < 1.29 is 0 Å². The first-order valence-electron chi connectivity index (χ1n) is 12.8. The Balaban J connectivity index is 1.53. The van der Waals surface area contributed by atoms with Gasteiger partial charge in [-0.15, -0.1) is 6.58 Å². The zero-order chi connectivity index (χ0) is 27.2. The first kappa shape index (κ1) is 26.2. The van der Waals surface area contributed by atoms with Crippen LogP contribution in [0.1, 0.15) is 37.6 Å². The summed E-state index contributed by atoms with van der Waals surface area (Å²) in [6.45, 7) is 12.6. The highest BCUT2D eigenvalue weighted by Gasteiger charge is 2.23. The van der Waals surface area contributed by atoms with Gasteiger partial charge in [-0.1, -0.05) is 32.9 Å². The maximum absolute atomic E-state index is 13.3. The molecule has 0 atom stereocenters. The number of nitrogens with zero attached hydrogens (tertiary/aromatic N) is 6. The van der Waals surface area contributed by atoms with Gasteiger partial charge in [0.2, 0.25) is 5.95 Å². The molecule has 1 aromatic carbocycles. The lowest BCUT2D eigenvalue weighted by molar-refractivity contribution is 0.435. The molecule has 0 radical (unpaired) electrons. The minimum Gasteiger partial charge on any atom is -0.324 e. The quantitative estimate of drug-likeness (QED) is 0.346. The first-order valence-corrected chi connectivity index (χ1v) is 15.7. The molecule has 0 spiro atoms. The maximum Gasteiger partial charge on any atom is 0.278 e. The van der Waals surface area contributed by atoms with Crippen LogP contribution in [0.5, 0.6) is 0 Å². The van der Waals surface area contributed by atoms with Crippen molar-refractivity contribution in [3.05, 3.63) is 82.6 Å². The van der Waals surface area contributed by atoms with Crippen molar-refractivity contribution in [2.45, 2.75) is 45.7 Å². The third-order valence-corrected chi connectivity index (χ3v) is 8.81. The number of nitrogens with one attached hydrogen (secondary N) is 1. The van der Waals surface area contributed by atoms with Gasteiger partial charge in [0.1, 0.15) is 5.39 Å². The number of benzene rings is 1. The van der Waals surface area contributed by atoms with Crippen LogP contribution in [0.2, 0.25) is 0 Å². The Morgan fingerprint density at radius 2 is 1.89 bits per heavy atom. The Hall–Kier alpha value is -3.43. The summed E-state index contributed by atoms with van der Waals surface area (Å²) in [6.07, 6.45) is 13.2. The van der Waals surface area contributed by atoms with Crippen molar-refractivity contribution in [1.82, 2.24) is 28.6 Å². The molecular weight excluding hydrogens is 494 g/mol. The van der Waals surface area contributed by atoms with Gasteiger partial charge >= 0.3 is 0 Å². The maximum atomic E-state index is 13.3. The second-order valence-corrected chi connectivity index (χ2v) is 15.6. The highest BCUT2D eigenvalue weighted by Crippen LogP contribution is 2.43. The molecule has 1 aliphatic rings. The fourth-order valence-corrected chi connectivity index (χ4v) is 5.97. The van der Waals surface area contributed by atoms with Gasteiger partial charge in [-0.25, -0.2) is 14.3 Å². The monoisotopic (exact) mass is 531 g/mol. The predicted molar refractivity (Wildman–Crippen MR) is 159 cm³/mol. The van der Waals surface area contributed by atoms with Gasteiger partial charge in [-0.05, 0) is 60.6 Å². The molecule has 200 valence electrons. The number of allylic oxidation sites excluding steroid dienone is 1. The molecule has 0 saturated carbocycles. The van der Waals surface area contributed by atoms with E-state index in [4.69, 9.17) is 4.98 Å². The second-order valence-electron chi connectivity index (χ2n) is 11.6. The van der Waals surface area contributed by atoms with Gasteiger partial charge in [-0.3, -0.25) is 14.1 Å². The number of anilines is 2. The second kappa shape index (κ2) is 9.71. The van der Waals surface area contributed by atoms with Gasteiger partial charge in [0.25, 0.3) is 5.56 Å². The molecule has 0 bridgehead atoms. The standard InChI is InChI=1S/C29H37N7OS/c1-8-14-35-27(37)24-18-31-28(33-26(24)36(35)23-11-13-30-25(17-23)29(2,3)4)32-22-10-9-21-19-34(38(5,6)7)15-12-20(21)16-22/h8-11,13,16-18H,1,12,14-15,19H2,2-7H3,(H,31,32,33). The summed E-state index contributed by atoms with van der Waals surface area (Å²) in [5, 5.41) is 3.83. The SMILES string of the molecule is C=CCn1c(=O)c2cnc(Nc3ccc4c(c3)CCN(S(C)(C)C)C4)nc2n1-c1ccnc(C(C)(C)C)c1. The summed E-state index contributed by atoms with van der Waals surface area (Å²) in [4.78, 5) is 27.2. The third-order valence-electron chi connectivity index (χ3n) is 6.95. The number of hydrogen-bond donors (Lipinski definition) is 1. The lowest BCUT2D eigenvalue weighted by Gasteiger charge is -2.43. The average molecular weight is 532 g/mol. The Morgan fingerprint density at radius 1 is 1.11 bits per heavy atom. The van der Waals surface area contributed by atoms with E-state index in [1.165, 1.54) is 11.1 Å². The van der Waals surface area contributed by atoms with E-state index in [1.54, 1.807) is 23.2 Å². The molecule has 38 heavy (non-hydrogen) atoms. The highest BCUT2D eigenvalue weighted by atomic mass is 32.3. The van der Waals surface area contributed by atoms with E-state index < -0.39 is 10.2 Å². The van der Waals surface area contributed by atoms with Crippen LogP contribution < -0.4 is 10.9 Å². The van der Waals surface area contributed by atoms with Gasteiger partial charge in [0, 0.05) is 42.3 Å². The van der Waals surface area contributed by atoms with Crippen molar-refractivity contribution >= 4 is 32.9 Å². The first-order chi connectivity index (χ1) is 18.0. The summed E-state index contributed by atoms with van der Waals surface area (Å²) in [5.41, 5.74) is 5.69. The van der Waals surface area contributed by atoms with Gasteiger partial charge in [0.15, 0.2) is 5.65 Å². The zero-order valence-electron chi connectivity index (χ0n) is 23.2. The minimum absolute atomic E-state index is 0.137. The van der Waals surface area contributed by atoms with Crippen molar-refractivity contribution in [1.29, 1.82) is 0 Å². The largest absolute Gasteiger partial charge is 0.324 e. The number of pyridine rings is 1. The Labute approximate surface area is 225 Å². The smallest absolute Gasteiger partial charge is 0.278 e. The molecule has 0 aliphatic carbocycles. The molecule has 9 heteroatoms. The third kappa shape index (κ3) is 5.00. The van der Waals surface area contributed by atoms with Crippen LogP contribution in [0.15, 0.2) is 60.2 Å². The molecule has 3 aromatic heterocycles. The van der Waals surface area contributed by atoms with Gasteiger partial charge in [0.05, 0.1) is 12.2 Å². The van der Waals surface area contributed by atoms with Crippen LogP contribution in [-0.4, -0.2) is 53.9 Å². The van der Waals surface area contributed by atoms with Crippen LogP contribution >= 0.6 is 10.2 Å². The lowest BCUT2D eigenvalue weighted by atomic mass is 9.91. The van der Waals surface area contributed by atoms with Crippen LogP contribution in [0.25, 0.3) is 16.7 Å². The lowest BCUT2D eigenvalue weighted by Crippen LogP contribution is -2.32. The fraction of sp³-hybridized carbons (Fsp3) is 0.379. The molecule has 8 nitrogen and oxygen atoms in total. The molecular formula is C29H37N7OS. The highest BCUT2D eigenvalue weighted by molar-refractivity contribution is 8.30. The topological polar surface area (TPSA) is 80.9 Å². The molecule has 0 unspecified atom stereocenters. The Kier molecular flexibility index (Phi) is 6.69. The molecule has 0 fully saturated rings. The van der Waals surface area contributed by atoms with E-state index in [1.807, 2.05) is 16.8 Å². The summed E-state index contributed by atoms with van der Waals surface area (Å²) < 4.78 is 6.08. The van der Waals surface area contributed by atoms with Crippen molar-refractivity contribution in [3.63, 3.8) is 0 Å². The predicted octanol–water partition coefficient (Wildman–Crippen LogP) is 5.17. The van der Waals surface area contributed by atoms with E-state index in [9.17, 15) is 4.79 Å². The van der Waals surface area contributed by atoms with Crippen LogP contribution in [-0.2, 0) is 24.9 Å². The molecule has 1 aliphatic heterocycles. The fourth-order valence-electron chi connectivity index (χ4n) is 4.80. The zero-order valence-corrected chi connectivity index (χ0v) is 24.0. The number of fused-ring (bicyclic) bond motifs is 2. The summed E-state index contributed by atoms with van der Waals surface area (Å²) in [7, 11) is -0.734. The normalized spacial score (nSPS) is 14.9. The molecule has 4 aromatic rings. The van der Waals surface area contributed by atoms with E-state index in [2.05, 4.69) is 83.9 Å². The molecule has 0 amide bonds. The molecule has 0 saturated heterocycles. The van der Waals surface area contributed by atoms with E-state index in [0.717, 1.165) is 36.6 Å². The Bertz CT molecular complexity index is 1570. The molecule has 5 rings (SSSR count).